The van der Waals surface area contributed by atoms with Crippen LogP contribution >= 0.6 is 0 Å². The van der Waals surface area contributed by atoms with Crippen LogP contribution < -0.4 is 0 Å². The number of oxime groups is 1. The molecule has 4 aliphatic heterocycles. The van der Waals surface area contributed by atoms with E-state index in [0.717, 1.165) is 38.3 Å². The van der Waals surface area contributed by atoms with Gasteiger partial charge in [0.25, 0.3) is 0 Å². The Morgan fingerprint density at radius 2 is 1.94 bits per heavy atom. The zero-order valence-corrected chi connectivity index (χ0v) is 10.0. The van der Waals surface area contributed by atoms with Gasteiger partial charge in [0.2, 0.25) is 0 Å². The summed E-state index contributed by atoms with van der Waals surface area (Å²) >= 11 is 0. The first-order chi connectivity index (χ1) is 7.77. The van der Waals surface area contributed by atoms with E-state index in [9.17, 15) is 5.21 Å². The zero-order chi connectivity index (χ0) is 11.2. The molecule has 1 N–H and O–H groups in total. The van der Waals surface area contributed by atoms with E-state index in [4.69, 9.17) is 0 Å². The van der Waals surface area contributed by atoms with Gasteiger partial charge in [-0.1, -0.05) is 18.5 Å². The molecule has 4 nitrogen and oxygen atoms in total. The lowest BCUT2D eigenvalue weighted by molar-refractivity contribution is 0.103. The Morgan fingerprint density at radius 1 is 1.31 bits per heavy atom. The van der Waals surface area contributed by atoms with Gasteiger partial charge in [-0.2, -0.15) is 0 Å². The van der Waals surface area contributed by atoms with Gasteiger partial charge in [0.1, 0.15) is 0 Å². The van der Waals surface area contributed by atoms with E-state index < -0.39 is 0 Å². The van der Waals surface area contributed by atoms with Crippen LogP contribution in [0.25, 0.3) is 0 Å². The molecule has 0 saturated carbocycles. The lowest BCUT2D eigenvalue weighted by atomic mass is 9.68. The van der Waals surface area contributed by atoms with Gasteiger partial charge in [-0.15, -0.1) is 0 Å². The molecule has 0 aromatic rings. The van der Waals surface area contributed by atoms with E-state index in [1.165, 1.54) is 19.5 Å². The minimum atomic E-state index is 0.154. The minimum Gasteiger partial charge on any atom is -0.411 e. The number of piperidine rings is 2. The maximum Gasteiger partial charge on any atom is 0.0714 e. The van der Waals surface area contributed by atoms with Crippen molar-refractivity contribution in [2.45, 2.75) is 19.8 Å². The van der Waals surface area contributed by atoms with Gasteiger partial charge >= 0.3 is 0 Å². The Kier molecular flexibility index (Phi) is 2.44. The molecule has 4 aliphatic rings. The van der Waals surface area contributed by atoms with Crippen LogP contribution in [0.4, 0.5) is 0 Å². The fourth-order valence-electron chi connectivity index (χ4n) is 4.06. The first kappa shape index (κ1) is 10.5. The highest BCUT2D eigenvalue weighted by Crippen LogP contribution is 2.41. The summed E-state index contributed by atoms with van der Waals surface area (Å²) in [5, 5.41) is 13.0. The van der Waals surface area contributed by atoms with Crippen LogP contribution in [0.1, 0.15) is 19.8 Å². The molecule has 0 aromatic heterocycles. The molecule has 90 valence electrons. The highest BCUT2D eigenvalue weighted by atomic mass is 16.4. The quantitative estimate of drug-likeness (QED) is 0.557. The van der Waals surface area contributed by atoms with Gasteiger partial charge in [-0.25, -0.2) is 0 Å². The van der Waals surface area contributed by atoms with E-state index in [0.29, 0.717) is 5.92 Å². The van der Waals surface area contributed by atoms with Gasteiger partial charge in [0.15, 0.2) is 0 Å². The van der Waals surface area contributed by atoms with Crippen molar-refractivity contribution in [3.8, 4) is 0 Å². The highest BCUT2D eigenvalue weighted by molar-refractivity contribution is 5.94. The molecule has 4 rings (SSSR count). The summed E-state index contributed by atoms with van der Waals surface area (Å²) in [5.74, 6) is 0.474. The van der Waals surface area contributed by atoms with Crippen LogP contribution in [0.5, 0.6) is 0 Å². The molecule has 2 atom stereocenters. The molecule has 0 amide bonds. The molecule has 0 radical (unpaired) electrons. The Labute approximate surface area is 96.9 Å². The van der Waals surface area contributed by atoms with Gasteiger partial charge in [-0.3, -0.25) is 0 Å². The fourth-order valence-corrected chi connectivity index (χ4v) is 4.06. The number of rotatable bonds is 2. The predicted octanol–water partition coefficient (Wildman–Crippen LogP) is 0.864. The summed E-state index contributed by atoms with van der Waals surface area (Å²) in [6.45, 7) is 9.03. The third-order valence-corrected chi connectivity index (χ3v) is 4.51. The third kappa shape index (κ3) is 1.39. The van der Waals surface area contributed by atoms with Crippen LogP contribution in [-0.2, 0) is 0 Å². The van der Waals surface area contributed by atoms with E-state index in [-0.39, 0.29) is 5.41 Å². The van der Waals surface area contributed by atoms with Gasteiger partial charge in [-0.05, 0) is 6.42 Å². The second-order valence-electron chi connectivity index (χ2n) is 5.68. The summed E-state index contributed by atoms with van der Waals surface area (Å²) in [7, 11) is 0. The van der Waals surface area contributed by atoms with Crippen molar-refractivity contribution in [2.75, 3.05) is 39.3 Å². The minimum absolute atomic E-state index is 0.154. The average molecular weight is 223 g/mol. The lowest BCUT2D eigenvalue weighted by Crippen LogP contribution is -2.61. The lowest BCUT2D eigenvalue weighted by Gasteiger charge is -2.50. The third-order valence-electron chi connectivity index (χ3n) is 4.51. The predicted molar refractivity (Wildman–Crippen MR) is 62.9 cm³/mol. The van der Waals surface area contributed by atoms with Crippen molar-refractivity contribution in [2.24, 2.45) is 16.5 Å². The van der Waals surface area contributed by atoms with Crippen molar-refractivity contribution in [1.29, 1.82) is 0 Å². The SMILES string of the molecule is CCCC12CN3CCN(CC(C3)/C1=N\O)C2. The highest BCUT2D eigenvalue weighted by Gasteiger charge is 2.51. The summed E-state index contributed by atoms with van der Waals surface area (Å²) in [6, 6.07) is 0. The summed E-state index contributed by atoms with van der Waals surface area (Å²) in [6.07, 6.45) is 2.34. The molecule has 0 aromatic carbocycles. The van der Waals surface area contributed by atoms with Gasteiger partial charge in [0.05, 0.1) is 5.71 Å². The Balaban J connectivity index is 1.99. The maximum atomic E-state index is 9.33. The molecular formula is C12H21N3O. The number of hydrogen-bond acceptors (Lipinski definition) is 4. The molecule has 0 spiro atoms. The topological polar surface area (TPSA) is 39.1 Å². The second kappa shape index (κ2) is 3.70. The molecule has 4 saturated heterocycles. The normalized spacial score (nSPS) is 48.6. The van der Waals surface area contributed by atoms with Crippen LogP contribution in [0.15, 0.2) is 5.16 Å². The molecule has 16 heavy (non-hydrogen) atoms. The number of fused-ring (bicyclic) bond motifs is 1. The van der Waals surface area contributed by atoms with Crippen molar-refractivity contribution in [3.63, 3.8) is 0 Å². The zero-order valence-electron chi connectivity index (χ0n) is 10.0. The Hall–Kier alpha value is -0.610. The van der Waals surface area contributed by atoms with Crippen LogP contribution in [-0.4, -0.2) is 60.0 Å². The van der Waals surface area contributed by atoms with Gasteiger partial charge in [0, 0.05) is 50.6 Å². The summed E-state index contributed by atoms with van der Waals surface area (Å²) in [4.78, 5) is 5.14. The Morgan fingerprint density at radius 3 is 2.44 bits per heavy atom. The first-order valence-electron chi connectivity index (χ1n) is 6.44. The fraction of sp³-hybridized carbons (Fsp3) is 0.917. The molecule has 4 heteroatoms. The number of nitrogens with zero attached hydrogens (tertiary/aromatic N) is 3. The molecule has 0 aliphatic carbocycles. The van der Waals surface area contributed by atoms with Crippen LogP contribution in [0.3, 0.4) is 0 Å². The smallest absolute Gasteiger partial charge is 0.0714 e. The van der Waals surface area contributed by atoms with Crippen molar-refractivity contribution < 1.29 is 5.21 Å². The molecule has 4 heterocycles. The summed E-state index contributed by atoms with van der Waals surface area (Å²) in [5.41, 5.74) is 1.25. The summed E-state index contributed by atoms with van der Waals surface area (Å²) < 4.78 is 0. The first-order valence-corrected chi connectivity index (χ1v) is 6.44. The molecule has 4 bridgehead atoms. The monoisotopic (exact) mass is 223 g/mol. The molecule has 4 fully saturated rings. The maximum absolute atomic E-state index is 9.33. The second-order valence-corrected chi connectivity index (χ2v) is 5.68. The van der Waals surface area contributed by atoms with Crippen molar-refractivity contribution in [3.05, 3.63) is 0 Å². The van der Waals surface area contributed by atoms with Gasteiger partial charge < -0.3 is 15.0 Å². The van der Waals surface area contributed by atoms with E-state index >= 15 is 0 Å². The standard InChI is InChI=1S/C12H21N3O/c1-2-3-12-8-14-4-5-15(9-12)7-10(6-14)11(12)13-16/h10,16H,2-9H2,1H3/b13-11+. The van der Waals surface area contributed by atoms with Crippen molar-refractivity contribution in [1.82, 2.24) is 9.80 Å². The van der Waals surface area contributed by atoms with Crippen molar-refractivity contribution >= 4 is 5.71 Å². The number of hydrogen-bond donors (Lipinski definition) is 1. The average Bonchev–Trinajstić information content (AvgIpc) is 2.47. The van der Waals surface area contributed by atoms with Crippen LogP contribution in [0, 0.1) is 11.3 Å². The molecule has 2 unspecified atom stereocenters. The van der Waals surface area contributed by atoms with E-state index in [1.807, 2.05) is 0 Å². The largest absolute Gasteiger partial charge is 0.411 e. The Bertz CT molecular complexity index is 299. The van der Waals surface area contributed by atoms with E-state index in [1.54, 1.807) is 0 Å². The van der Waals surface area contributed by atoms with Crippen LogP contribution in [0.2, 0.25) is 0 Å². The molecular weight excluding hydrogens is 202 g/mol. The van der Waals surface area contributed by atoms with E-state index in [2.05, 4.69) is 21.9 Å².